The van der Waals surface area contributed by atoms with Crippen LogP contribution < -0.4 is 0 Å². The molecule has 0 saturated carbocycles. The number of rotatable bonds is 1. The predicted molar refractivity (Wildman–Crippen MR) is 37.0 cm³/mol. The van der Waals surface area contributed by atoms with Crippen LogP contribution in [0, 0.1) is 0 Å². The number of carbonyl (C=O) groups is 2. The van der Waals surface area contributed by atoms with Crippen LogP contribution in [-0.2, 0) is 14.4 Å². The summed E-state index contributed by atoms with van der Waals surface area (Å²) < 4.78 is 0. The zero-order chi connectivity index (χ0) is 8.43. The minimum absolute atomic E-state index is 0.204. The second kappa shape index (κ2) is 2.74. The van der Waals surface area contributed by atoms with E-state index in [1.807, 2.05) is 0 Å². The molecule has 0 aliphatic carbocycles. The number of amides is 1. The van der Waals surface area contributed by atoms with Crippen molar-refractivity contribution in [1.29, 1.82) is 0 Å². The van der Waals surface area contributed by atoms with Crippen molar-refractivity contribution in [2.75, 3.05) is 0 Å². The lowest BCUT2D eigenvalue weighted by molar-refractivity contribution is -0.184. The zero-order valence-corrected chi connectivity index (χ0v) is 6.29. The van der Waals surface area contributed by atoms with Gasteiger partial charge >= 0.3 is 5.97 Å². The maximum absolute atomic E-state index is 10.9. The van der Waals surface area contributed by atoms with Crippen LogP contribution in [0.25, 0.3) is 0 Å². The van der Waals surface area contributed by atoms with E-state index in [0.29, 0.717) is 18.5 Å². The number of hydrogen-bond donors (Lipinski definition) is 0. The van der Waals surface area contributed by atoms with Crippen molar-refractivity contribution in [1.82, 2.24) is 5.06 Å². The lowest BCUT2D eigenvalue weighted by Gasteiger charge is -2.13. The van der Waals surface area contributed by atoms with Crippen LogP contribution in [0.2, 0.25) is 0 Å². The second-order valence-corrected chi connectivity index (χ2v) is 2.34. The molecule has 0 aromatic heterocycles. The summed E-state index contributed by atoms with van der Waals surface area (Å²) in [6.45, 7) is 4.82. The van der Waals surface area contributed by atoms with Crippen LogP contribution in [-0.4, -0.2) is 16.9 Å². The zero-order valence-electron chi connectivity index (χ0n) is 6.29. The van der Waals surface area contributed by atoms with Crippen LogP contribution in [0.3, 0.4) is 0 Å². The van der Waals surface area contributed by atoms with Gasteiger partial charge in [0.25, 0.3) is 5.91 Å². The molecule has 0 spiro atoms. The quantitative estimate of drug-likeness (QED) is 0.557. The van der Waals surface area contributed by atoms with Crippen molar-refractivity contribution in [2.45, 2.75) is 19.8 Å². The summed E-state index contributed by atoms with van der Waals surface area (Å²) in [6.07, 6.45) is 0.957. The molecule has 11 heavy (non-hydrogen) atoms. The van der Waals surface area contributed by atoms with Crippen molar-refractivity contribution in [3.05, 3.63) is 12.3 Å². The van der Waals surface area contributed by atoms with Crippen molar-refractivity contribution in [3.8, 4) is 0 Å². The van der Waals surface area contributed by atoms with E-state index >= 15 is 0 Å². The molecule has 0 atom stereocenters. The van der Waals surface area contributed by atoms with E-state index in [-0.39, 0.29) is 5.91 Å². The summed E-state index contributed by atoms with van der Waals surface area (Å²) in [4.78, 5) is 25.9. The molecule has 0 radical (unpaired) electrons. The molecule has 1 aliphatic heterocycles. The van der Waals surface area contributed by atoms with Gasteiger partial charge < -0.3 is 4.84 Å². The molecule has 1 heterocycles. The normalized spacial score (nSPS) is 17.4. The Morgan fingerprint density at radius 2 is 2.27 bits per heavy atom. The topological polar surface area (TPSA) is 46.6 Å². The van der Waals surface area contributed by atoms with Crippen molar-refractivity contribution in [3.63, 3.8) is 0 Å². The molecule has 0 aromatic carbocycles. The molecule has 4 nitrogen and oxygen atoms in total. The Morgan fingerprint density at radius 1 is 1.64 bits per heavy atom. The molecular formula is C7H9NO3. The summed E-state index contributed by atoms with van der Waals surface area (Å²) in [7, 11) is 0. The van der Waals surface area contributed by atoms with Crippen LogP contribution in [0.15, 0.2) is 12.3 Å². The summed E-state index contributed by atoms with van der Waals surface area (Å²) >= 11 is 0. The standard InChI is InChI=1S/C7H9NO3/c1-5-3-4-7(10)8(5)11-6(2)9/h1,3-4H2,2H3. The molecule has 1 rings (SSSR count). The van der Waals surface area contributed by atoms with Gasteiger partial charge in [0.2, 0.25) is 0 Å². The third-order valence-corrected chi connectivity index (χ3v) is 1.36. The van der Waals surface area contributed by atoms with Gasteiger partial charge in [-0.05, 0) is 6.42 Å². The van der Waals surface area contributed by atoms with E-state index in [0.717, 1.165) is 5.06 Å². The molecule has 0 aromatic rings. The minimum atomic E-state index is -0.499. The molecule has 60 valence electrons. The summed E-state index contributed by atoms with van der Waals surface area (Å²) in [6, 6.07) is 0. The van der Waals surface area contributed by atoms with Gasteiger partial charge in [-0.1, -0.05) is 6.58 Å². The maximum Gasteiger partial charge on any atom is 0.330 e. The van der Waals surface area contributed by atoms with Crippen LogP contribution in [0.1, 0.15) is 19.8 Å². The van der Waals surface area contributed by atoms with Crippen LogP contribution in [0.5, 0.6) is 0 Å². The lowest BCUT2D eigenvalue weighted by atomic mass is 10.3. The van der Waals surface area contributed by atoms with Crippen molar-refractivity contribution < 1.29 is 14.4 Å². The first kappa shape index (κ1) is 7.78. The van der Waals surface area contributed by atoms with E-state index in [1.54, 1.807) is 0 Å². The van der Waals surface area contributed by atoms with Crippen LogP contribution >= 0.6 is 0 Å². The first-order valence-electron chi connectivity index (χ1n) is 3.30. The van der Waals surface area contributed by atoms with E-state index < -0.39 is 5.97 Å². The Morgan fingerprint density at radius 3 is 2.64 bits per heavy atom. The van der Waals surface area contributed by atoms with Gasteiger partial charge in [0.1, 0.15) is 0 Å². The average molecular weight is 155 g/mol. The van der Waals surface area contributed by atoms with Gasteiger partial charge in [-0.2, -0.15) is 0 Å². The average Bonchev–Trinajstić information content (AvgIpc) is 2.18. The summed E-state index contributed by atoms with van der Waals surface area (Å²) in [5.74, 6) is -0.702. The van der Waals surface area contributed by atoms with E-state index in [2.05, 4.69) is 11.4 Å². The number of hydrogen-bond acceptors (Lipinski definition) is 3. The number of hydroxylamine groups is 2. The Bertz CT molecular complexity index is 206. The molecule has 1 fully saturated rings. The molecule has 1 amide bonds. The molecule has 0 unspecified atom stereocenters. The first-order valence-corrected chi connectivity index (χ1v) is 3.30. The molecule has 1 saturated heterocycles. The van der Waals surface area contributed by atoms with Gasteiger partial charge in [0, 0.05) is 13.3 Å². The largest absolute Gasteiger partial charge is 0.334 e. The van der Waals surface area contributed by atoms with E-state index in [9.17, 15) is 9.59 Å². The predicted octanol–water partition coefficient (Wildman–Crippen LogP) is 0.601. The van der Waals surface area contributed by atoms with Gasteiger partial charge in [0.15, 0.2) is 0 Å². The van der Waals surface area contributed by atoms with E-state index in [1.165, 1.54) is 6.92 Å². The highest BCUT2D eigenvalue weighted by atomic mass is 16.7. The second-order valence-electron chi connectivity index (χ2n) is 2.34. The van der Waals surface area contributed by atoms with E-state index in [4.69, 9.17) is 0 Å². The third kappa shape index (κ3) is 1.58. The Labute approximate surface area is 64.4 Å². The first-order chi connectivity index (χ1) is 5.11. The van der Waals surface area contributed by atoms with Gasteiger partial charge in [-0.15, -0.1) is 5.06 Å². The maximum atomic E-state index is 10.9. The molecule has 1 aliphatic rings. The number of carbonyl (C=O) groups excluding carboxylic acids is 2. The SMILES string of the molecule is C=C1CCC(=O)N1OC(C)=O. The fourth-order valence-corrected chi connectivity index (χ4v) is 0.875. The molecular weight excluding hydrogens is 146 g/mol. The summed E-state index contributed by atoms with van der Waals surface area (Å²) in [5, 5.41) is 0.961. The Balaban J connectivity index is 2.62. The Kier molecular flexibility index (Phi) is 1.94. The fraction of sp³-hybridized carbons (Fsp3) is 0.429. The number of allylic oxidation sites excluding steroid dienone is 1. The van der Waals surface area contributed by atoms with Gasteiger partial charge in [0.05, 0.1) is 5.70 Å². The molecule has 4 heteroatoms. The monoisotopic (exact) mass is 155 g/mol. The lowest BCUT2D eigenvalue weighted by Crippen LogP contribution is -2.25. The summed E-state index contributed by atoms with van der Waals surface area (Å²) in [5.41, 5.74) is 0.546. The van der Waals surface area contributed by atoms with Gasteiger partial charge in [-0.25, -0.2) is 4.79 Å². The third-order valence-electron chi connectivity index (χ3n) is 1.36. The van der Waals surface area contributed by atoms with Gasteiger partial charge in [-0.3, -0.25) is 4.79 Å². The van der Waals surface area contributed by atoms with Crippen LogP contribution in [0.4, 0.5) is 0 Å². The van der Waals surface area contributed by atoms with Crippen molar-refractivity contribution >= 4 is 11.9 Å². The smallest absolute Gasteiger partial charge is 0.330 e. The molecule has 0 bridgehead atoms. The minimum Gasteiger partial charge on any atom is -0.334 e. The molecule has 0 N–H and O–H groups in total. The fourth-order valence-electron chi connectivity index (χ4n) is 0.875. The highest BCUT2D eigenvalue weighted by Crippen LogP contribution is 2.20. The highest BCUT2D eigenvalue weighted by molar-refractivity contribution is 5.81. The van der Waals surface area contributed by atoms with Crippen molar-refractivity contribution in [2.24, 2.45) is 0 Å². The Hall–Kier alpha value is -1.32. The highest BCUT2D eigenvalue weighted by Gasteiger charge is 2.26. The number of nitrogens with zero attached hydrogens (tertiary/aromatic N) is 1.